The Balaban J connectivity index is 1.14. The molecule has 11 heteroatoms. The first-order valence-corrected chi connectivity index (χ1v) is 14.9. The van der Waals surface area contributed by atoms with Gasteiger partial charge in [-0.3, -0.25) is 9.52 Å². The van der Waals surface area contributed by atoms with Crippen molar-refractivity contribution in [3.05, 3.63) is 120 Å². The third-order valence-electron chi connectivity index (χ3n) is 6.14. The number of nitrogens with one attached hydrogen (secondary N) is 2. The highest BCUT2D eigenvalue weighted by atomic mass is 35.5. The lowest BCUT2D eigenvalue weighted by atomic mass is 10.1. The van der Waals surface area contributed by atoms with E-state index in [0.717, 1.165) is 22.1 Å². The van der Waals surface area contributed by atoms with Crippen molar-refractivity contribution in [3.63, 3.8) is 0 Å². The Labute approximate surface area is 243 Å². The van der Waals surface area contributed by atoms with Crippen molar-refractivity contribution in [1.29, 1.82) is 0 Å². The Bertz CT molecular complexity index is 2050. The Morgan fingerprint density at radius 3 is 2.39 bits per heavy atom. The molecule has 0 aliphatic heterocycles. The van der Waals surface area contributed by atoms with E-state index in [-0.39, 0.29) is 21.0 Å². The van der Waals surface area contributed by atoms with E-state index < -0.39 is 15.8 Å². The van der Waals surface area contributed by atoms with Crippen molar-refractivity contribution in [1.82, 2.24) is 4.98 Å². The largest absolute Gasteiger partial charge is 0.457 e. The summed E-state index contributed by atoms with van der Waals surface area (Å²) >= 11 is 6.83. The number of benzene rings is 5. The van der Waals surface area contributed by atoms with Crippen LogP contribution in [0.5, 0.6) is 11.5 Å². The minimum absolute atomic E-state index is 0.00506. The molecular weight excluding hydrogens is 585 g/mol. The molecule has 7 nitrogen and oxygen atoms in total. The summed E-state index contributed by atoms with van der Waals surface area (Å²) in [6.07, 6.45) is 0. The number of carbonyl (C=O) groups excluding carboxylic acids is 1. The second-order valence-electron chi connectivity index (χ2n) is 8.97. The van der Waals surface area contributed by atoms with Gasteiger partial charge in [0.25, 0.3) is 15.9 Å². The van der Waals surface area contributed by atoms with E-state index in [2.05, 4.69) is 15.0 Å². The Morgan fingerprint density at radius 1 is 0.854 bits per heavy atom. The summed E-state index contributed by atoms with van der Waals surface area (Å²) in [5.41, 5.74) is 1.46. The van der Waals surface area contributed by atoms with Crippen LogP contribution in [-0.2, 0) is 10.0 Å². The fourth-order valence-electron chi connectivity index (χ4n) is 4.10. The van der Waals surface area contributed by atoms with E-state index in [4.69, 9.17) is 16.3 Å². The van der Waals surface area contributed by atoms with Gasteiger partial charge in [-0.15, -0.1) is 0 Å². The van der Waals surface area contributed by atoms with Gasteiger partial charge < -0.3 is 10.1 Å². The van der Waals surface area contributed by atoms with Crippen LogP contribution in [0.25, 0.3) is 21.0 Å². The molecule has 0 unspecified atom stereocenters. The lowest BCUT2D eigenvalue weighted by Gasteiger charge is -2.09. The molecule has 0 spiro atoms. The molecule has 0 aliphatic rings. The molecule has 0 atom stereocenters. The minimum atomic E-state index is -3.86. The molecule has 204 valence electrons. The van der Waals surface area contributed by atoms with E-state index in [0.29, 0.717) is 33.0 Å². The third kappa shape index (κ3) is 5.85. The quantitative estimate of drug-likeness (QED) is 0.192. The van der Waals surface area contributed by atoms with Crippen molar-refractivity contribution in [2.45, 2.75) is 4.90 Å². The van der Waals surface area contributed by atoms with E-state index in [9.17, 15) is 17.6 Å². The number of ether oxygens (including phenoxy) is 1. The van der Waals surface area contributed by atoms with Crippen LogP contribution >= 0.6 is 22.9 Å². The molecule has 41 heavy (non-hydrogen) atoms. The van der Waals surface area contributed by atoms with Gasteiger partial charge >= 0.3 is 0 Å². The van der Waals surface area contributed by atoms with E-state index >= 15 is 0 Å². The number of anilines is 2. The summed E-state index contributed by atoms with van der Waals surface area (Å²) in [6, 6.07) is 28.1. The molecule has 2 N–H and O–H groups in total. The number of amides is 1. The number of carbonyl (C=O) groups is 1. The van der Waals surface area contributed by atoms with Crippen LogP contribution in [0.15, 0.2) is 108 Å². The second-order valence-corrected chi connectivity index (χ2v) is 12.1. The first-order valence-electron chi connectivity index (χ1n) is 12.2. The summed E-state index contributed by atoms with van der Waals surface area (Å²) in [4.78, 5) is 17.4. The number of thiazole rings is 1. The van der Waals surface area contributed by atoms with Gasteiger partial charge in [-0.1, -0.05) is 53.3 Å². The maximum atomic E-state index is 13.6. The molecule has 0 saturated carbocycles. The molecule has 5 aromatic carbocycles. The number of rotatable bonds is 7. The van der Waals surface area contributed by atoms with Crippen LogP contribution in [0.3, 0.4) is 0 Å². The highest BCUT2D eigenvalue weighted by Crippen LogP contribution is 2.30. The second kappa shape index (κ2) is 10.8. The number of nitrogens with zero attached hydrogens (tertiary/aromatic N) is 1. The van der Waals surface area contributed by atoms with E-state index in [1.54, 1.807) is 66.7 Å². The highest BCUT2D eigenvalue weighted by molar-refractivity contribution is 7.93. The lowest BCUT2D eigenvalue weighted by Crippen LogP contribution is -2.12. The Kier molecular flexibility index (Phi) is 7.04. The summed E-state index contributed by atoms with van der Waals surface area (Å²) < 4.78 is 48.5. The van der Waals surface area contributed by atoms with Crippen molar-refractivity contribution >= 4 is 70.7 Å². The van der Waals surface area contributed by atoms with Crippen molar-refractivity contribution < 1.29 is 22.3 Å². The zero-order valence-electron chi connectivity index (χ0n) is 21.0. The zero-order valence-corrected chi connectivity index (χ0v) is 23.4. The molecule has 1 amide bonds. The Morgan fingerprint density at radius 2 is 1.61 bits per heavy atom. The first kappa shape index (κ1) is 26.7. The van der Waals surface area contributed by atoms with E-state index in [1.807, 2.05) is 24.3 Å². The number of halogens is 2. The molecule has 0 saturated heterocycles. The maximum Gasteiger partial charge on any atom is 0.263 e. The van der Waals surface area contributed by atoms with Crippen molar-refractivity contribution in [3.8, 4) is 11.5 Å². The highest BCUT2D eigenvalue weighted by Gasteiger charge is 2.18. The van der Waals surface area contributed by atoms with Crippen LogP contribution in [-0.4, -0.2) is 19.3 Å². The topological polar surface area (TPSA) is 97.4 Å². The lowest BCUT2D eigenvalue weighted by molar-refractivity contribution is 0.102. The number of sulfonamides is 1. The number of hydrogen-bond donors (Lipinski definition) is 2. The average molecular weight is 604 g/mol. The molecular formula is C30H19ClFN3O4S2. The normalized spacial score (nSPS) is 11.5. The van der Waals surface area contributed by atoms with Gasteiger partial charge in [0.2, 0.25) is 0 Å². The predicted molar refractivity (Wildman–Crippen MR) is 160 cm³/mol. The molecule has 0 radical (unpaired) electrons. The van der Waals surface area contributed by atoms with Gasteiger partial charge in [-0.2, -0.15) is 0 Å². The van der Waals surface area contributed by atoms with Gasteiger partial charge in [-0.25, -0.2) is 17.8 Å². The van der Waals surface area contributed by atoms with Gasteiger partial charge in [0.05, 0.1) is 20.1 Å². The standard InChI is InChI=1S/C30H19ClFN3O4S2/c31-25-13-11-23(17-26(25)32)39-22-9-7-21(8-10-22)33-29(36)20-6-14-27-28(16-20)40-30(34-27)35-41(37,38)24-12-5-18-3-1-2-4-19(18)15-24/h1-17H,(H,33,36)(H,34,35). The fraction of sp³-hybridized carbons (Fsp3) is 0. The van der Waals surface area contributed by atoms with Gasteiger partial charge in [-0.05, 0) is 77.5 Å². The molecule has 0 bridgehead atoms. The van der Waals surface area contributed by atoms with E-state index in [1.165, 1.54) is 12.1 Å². The molecule has 1 heterocycles. The monoisotopic (exact) mass is 603 g/mol. The first-order chi connectivity index (χ1) is 19.7. The molecule has 6 rings (SSSR count). The fourth-order valence-corrected chi connectivity index (χ4v) is 6.40. The van der Waals surface area contributed by atoms with Crippen molar-refractivity contribution in [2.24, 2.45) is 0 Å². The average Bonchev–Trinajstić information content (AvgIpc) is 3.36. The maximum absolute atomic E-state index is 13.6. The molecule has 0 aliphatic carbocycles. The van der Waals surface area contributed by atoms with Crippen LogP contribution in [0.4, 0.5) is 15.2 Å². The summed E-state index contributed by atoms with van der Waals surface area (Å²) in [6.45, 7) is 0. The SMILES string of the molecule is O=C(Nc1ccc(Oc2ccc(Cl)c(F)c2)cc1)c1ccc2nc(NS(=O)(=O)c3ccc4ccccc4c3)sc2c1. The smallest absolute Gasteiger partial charge is 0.263 e. The number of hydrogen-bond acceptors (Lipinski definition) is 6. The summed E-state index contributed by atoms with van der Waals surface area (Å²) in [5, 5.41) is 4.77. The molecule has 0 fully saturated rings. The predicted octanol–water partition coefficient (Wildman–Crippen LogP) is 8.09. The summed E-state index contributed by atoms with van der Waals surface area (Å²) in [5.74, 6) is -0.192. The van der Waals surface area contributed by atoms with Gasteiger partial charge in [0.15, 0.2) is 5.13 Å². The Hall–Kier alpha value is -4.51. The van der Waals surface area contributed by atoms with Crippen molar-refractivity contribution in [2.75, 3.05) is 10.0 Å². The summed E-state index contributed by atoms with van der Waals surface area (Å²) in [7, 11) is -3.86. The van der Waals surface area contributed by atoms with Crippen LogP contribution in [0.1, 0.15) is 10.4 Å². The number of aromatic nitrogens is 1. The third-order valence-corrected chi connectivity index (χ3v) is 8.85. The van der Waals surface area contributed by atoms with Gasteiger partial charge in [0.1, 0.15) is 17.3 Å². The molecule has 6 aromatic rings. The van der Waals surface area contributed by atoms with Crippen LogP contribution in [0, 0.1) is 5.82 Å². The zero-order chi connectivity index (χ0) is 28.6. The van der Waals surface area contributed by atoms with Crippen LogP contribution < -0.4 is 14.8 Å². The minimum Gasteiger partial charge on any atom is -0.457 e. The van der Waals surface area contributed by atoms with Crippen LogP contribution in [0.2, 0.25) is 5.02 Å². The molecule has 1 aromatic heterocycles. The number of fused-ring (bicyclic) bond motifs is 2. The van der Waals surface area contributed by atoms with Gasteiger partial charge in [0, 0.05) is 17.3 Å².